The van der Waals surface area contributed by atoms with Crippen LogP contribution in [0.25, 0.3) is 0 Å². The minimum absolute atomic E-state index is 0. The molecule has 3 N–H and O–H groups in total. The van der Waals surface area contributed by atoms with Gasteiger partial charge in [0.1, 0.15) is 0 Å². The second-order valence-electron chi connectivity index (χ2n) is 1.84. The van der Waals surface area contributed by atoms with Crippen molar-refractivity contribution in [1.29, 1.82) is 0 Å². The molecule has 0 saturated carbocycles. The number of hydrogen-bond donors (Lipinski definition) is 1. The van der Waals surface area contributed by atoms with E-state index in [1.165, 1.54) is 0 Å². The lowest BCUT2D eigenvalue weighted by Gasteiger charge is -1.90. The van der Waals surface area contributed by atoms with Crippen LogP contribution in [-0.2, 0) is 0 Å². The van der Waals surface area contributed by atoms with Gasteiger partial charge in [-0.3, -0.25) is 0 Å². The first-order valence-electron chi connectivity index (χ1n) is 2.55. The molecule has 0 fully saturated rings. The molecule has 0 aliphatic carbocycles. The highest BCUT2D eigenvalue weighted by Crippen LogP contribution is 1.54. The lowest BCUT2D eigenvalue weighted by Crippen LogP contribution is -1.99. The van der Waals surface area contributed by atoms with Crippen LogP contribution in [0, 0.1) is 6.92 Å². The second kappa shape index (κ2) is 15.8. The topological polar surface area (TPSA) is 38.2 Å². The fourth-order valence-electron chi connectivity index (χ4n) is 0. The Bertz CT molecular complexity index is 17.7. The summed E-state index contributed by atoms with van der Waals surface area (Å²) in [5.74, 6) is 0. The van der Waals surface area contributed by atoms with E-state index < -0.39 is 0 Å². The van der Waals surface area contributed by atoms with Crippen molar-refractivity contribution >= 4 is 0 Å². The average Bonchev–Trinajstić information content (AvgIpc) is 1.33. The first-order chi connectivity index (χ1) is 3.15. The van der Waals surface area contributed by atoms with Crippen LogP contribution in [0.2, 0.25) is 0 Å². The molecular formula is C6H19N2. The van der Waals surface area contributed by atoms with Gasteiger partial charge in [-0.15, -0.1) is 0 Å². The Kier molecular flexibility index (Phi) is 30.9. The summed E-state index contributed by atoms with van der Waals surface area (Å²) in [5, 5.41) is 0. The molecule has 0 heterocycles. The van der Waals surface area contributed by atoms with Crippen molar-refractivity contribution in [3.05, 3.63) is 6.92 Å². The molecule has 0 rings (SSSR count). The Balaban J connectivity index is -0.0000000575. The summed E-state index contributed by atoms with van der Waals surface area (Å²) in [6, 6.07) is 0. The molecule has 0 amide bonds. The van der Waals surface area contributed by atoms with Gasteiger partial charge in [-0.2, -0.15) is 0 Å². The van der Waals surface area contributed by atoms with E-state index in [0.717, 1.165) is 6.42 Å². The standard InChI is InChI=1S/C3H9N.C3H7.H3N/c1-4(2)3;1-3-2;/h1-3H3;1,3H2,2H3;1H3. The van der Waals surface area contributed by atoms with Crippen LogP contribution in [0.1, 0.15) is 13.3 Å². The zero-order chi connectivity index (χ0) is 6.28. The summed E-state index contributed by atoms with van der Waals surface area (Å²) in [5.41, 5.74) is 0. The maximum atomic E-state index is 3.49. The van der Waals surface area contributed by atoms with Crippen LogP contribution in [0.3, 0.4) is 0 Å². The summed E-state index contributed by atoms with van der Waals surface area (Å²) < 4.78 is 0. The van der Waals surface area contributed by atoms with Crippen LogP contribution in [0.15, 0.2) is 0 Å². The van der Waals surface area contributed by atoms with E-state index in [1.807, 2.05) is 33.0 Å². The monoisotopic (exact) mass is 119 g/mol. The van der Waals surface area contributed by atoms with Gasteiger partial charge in [-0.05, 0) is 21.1 Å². The van der Waals surface area contributed by atoms with Crippen LogP contribution >= 0.6 is 0 Å². The molecule has 0 spiro atoms. The van der Waals surface area contributed by atoms with Crippen molar-refractivity contribution in [3.63, 3.8) is 0 Å². The Morgan fingerprint density at radius 1 is 1.25 bits per heavy atom. The predicted molar refractivity (Wildman–Crippen MR) is 40.3 cm³/mol. The number of nitrogens with zero attached hydrogens (tertiary/aromatic N) is 1. The third kappa shape index (κ3) is 22400. The summed E-state index contributed by atoms with van der Waals surface area (Å²) in [4.78, 5) is 2.00. The summed E-state index contributed by atoms with van der Waals surface area (Å²) in [7, 11) is 6.00. The fraction of sp³-hybridized carbons (Fsp3) is 0.833. The smallest absolute Gasteiger partial charge is 0.0140 e. The van der Waals surface area contributed by atoms with Crippen LogP contribution < -0.4 is 6.15 Å². The van der Waals surface area contributed by atoms with Crippen molar-refractivity contribution < 1.29 is 0 Å². The first-order valence-corrected chi connectivity index (χ1v) is 2.55. The van der Waals surface area contributed by atoms with Crippen molar-refractivity contribution in [2.75, 3.05) is 21.1 Å². The maximum absolute atomic E-state index is 3.49. The van der Waals surface area contributed by atoms with Gasteiger partial charge in [0.2, 0.25) is 0 Å². The third-order valence-electron chi connectivity index (χ3n) is 0. The van der Waals surface area contributed by atoms with Crippen molar-refractivity contribution in [2.45, 2.75) is 13.3 Å². The Morgan fingerprint density at radius 2 is 1.25 bits per heavy atom. The van der Waals surface area contributed by atoms with E-state index in [4.69, 9.17) is 0 Å². The molecule has 2 heteroatoms. The highest BCUT2D eigenvalue weighted by atomic mass is 15.0. The van der Waals surface area contributed by atoms with Gasteiger partial charge < -0.3 is 11.1 Å². The quantitative estimate of drug-likeness (QED) is 0.525. The zero-order valence-electron chi connectivity index (χ0n) is 6.57. The van der Waals surface area contributed by atoms with E-state index in [9.17, 15) is 0 Å². The minimum Gasteiger partial charge on any atom is -0.344 e. The predicted octanol–water partition coefficient (Wildman–Crippen LogP) is 1.57. The van der Waals surface area contributed by atoms with Crippen LogP contribution in [0.4, 0.5) is 0 Å². The molecule has 0 bridgehead atoms. The zero-order valence-corrected chi connectivity index (χ0v) is 6.57. The molecule has 0 aliphatic rings. The van der Waals surface area contributed by atoms with E-state index in [0.29, 0.717) is 0 Å². The Hall–Kier alpha value is -0.0800. The summed E-state index contributed by atoms with van der Waals surface area (Å²) in [6.45, 7) is 5.50. The molecule has 0 aromatic carbocycles. The maximum Gasteiger partial charge on any atom is -0.0140 e. The van der Waals surface area contributed by atoms with Crippen LogP contribution in [-0.4, -0.2) is 26.0 Å². The first kappa shape index (κ1) is 15.7. The van der Waals surface area contributed by atoms with Gasteiger partial charge in [0.15, 0.2) is 0 Å². The van der Waals surface area contributed by atoms with Crippen LogP contribution in [0.5, 0.6) is 0 Å². The number of hydrogen-bond acceptors (Lipinski definition) is 2. The highest BCUT2D eigenvalue weighted by Gasteiger charge is 1.58. The summed E-state index contributed by atoms with van der Waals surface area (Å²) in [6.07, 6.45) is 1.00. The Morgan fingerprint density at radius 3 is 1.25 bits per heavy atom. The van der Waals surface area contributed by atoms with E-state index >= 15 is 0 Å². The van der Waals surface area contributed by atoms with E-state index in [2.05, 4.69) is 6.92 Å². The molecule has 53 valence electrons. The van der Waals surface area contributed by atoms with Crippen molar-refractivity contribution in [1.82, 2.24) is 11.1 Å². The van der Waals surface area contributed by atoms with Gasteiger partial charge in [0.25, 0.3) is 0 Å². The molecule has 0 atom stereocenters. The van der Waals surface area contributed by atoms with Gasteiger partial charge in [-0.1, -0.05) is 20.3 Å². The van der Waals surface area contributed by atoms with Crippen molar-refractivity contribution in [2.24, 2.45) is 0 Å². The van der Waals surface area contributed by atoms with Gasteiger partial charge in [0, 0.05) is 0 Å². The van der Waals surface area contributed by atoms with Gasteiger partial charge >= 0.3 is 0 Å². The van der Waals surface area contributed by atoms with Gasteiger partial charge in [-0.25, -0.2) is 0 Å². The summed E-state index contributed by atoms with van der Waals surface area (Å²) >= 11 is 0. The molecule has 0 unspecified atom stereocenters. The van der Waals surface area contributed by atoms with Crippen molar-refractivity contribution in [3.8, 4) is 0 Å². The van der Waals surface area contributed by atoms with E-state index in [-0.39, 0.29) is 6.15 Å². The third-order valence-corrected chi connectivity index (χ3v) is 0. The lowest BCUT2D eigenvalue weighted by molar-refractivity contribution is 0.505. The number of rotatable bonds is 0. The molecule has 8 heavy (non-hydrogen) atoms. The second-order valence-corrected chi connectivity index (χ2v) is 1.84. The molecule has 1 radical (unpaired) electrons. The minimum atomic E-state index is 0. The molecule has 0 aromatic rings. The fourth-order valence-corrected chi connectivity index (χ4v) is 0. The molecule has 2 nitrogen and oxygen atoms in total. The average molecular weight is 119 g/mol. The molecule has 0 saturated heterocycles. The molecule has 0 aliphatic heterocycles. The van der Waals surface area contributed by atoms with E-state index in [1.54, 1.807) is 0 Å². The largest absolute Gasteiger partial charge is 0.344 e. The Labute approximate surface area is 53.5 Å². The van der Waals surface area contributed by atoms with Gasteiger partial charge in [0.05, 0.1) is 0 Å². The normalized spacial score (nSPS) is 6.75. The lowest BCUT2D eigenvalue weighted by atomic mass is 10.6. The SMILES string of the molecule is CN(C)C.N.[CH2]CC. The molecule has 0 aromatic heterocycles. The highest BCUT2D eigenvalue weighted by molar-refractivity contribution is 4.18. The molecular weight excluding hydrogens is 100 g/mol.